The van der Waals surface area contributed by atoms with Crippen molar-refractivity contribution in [3.8, 4) is 11.3 Å². The average Bonchev–Trinajstić information content (AvgIpc) is 3.42. The Morgan fingerprint density at radius 1 is 1.26 bits per heavy atom. The van der Waals surface area contributed by atoms with Crippen molar-refractivity contribution in [3.05, 3.63) is 48.2 Å². The van der Waals surface area contributed by atoms with Crippen LogP contribution in [0.25, 0.3) is 16.2 Å². The number of fused-ring (bicyclic) bond motifs is 1. The lowest BCUT2D eigenvalue weighted by atomic mass is 10.2. The van der Waals surface area contributed by atoms with Gasteiger partial charge in [0.1, 0.15) is 11.5 Å². The van der Waals surface area contributed by atoms with Gasteiger partial charge in [-0.1, -0.05) is 16.6 Å². The maximum Gasteiger partial charge on any atom is 0.214 e. The SMILES string of the molecule is Fc1ccc(-c2cn3nc(NCc4cn(C5CCNC5)nn4)sc3n2)cc1. The minimum Gasteiger partial charge on any atom is -0.354 e. The topological polar surface area (TPSA) is 85.0 Å². The van der Waals surface area contributed by atoms with Gasteiger partial charge in [-0.25, -0.2) is 18.6 Å². The molecule has 1 unspecified atom stereocenters. The van der Waals surface area contributed by atoms with Crippen LogP contribution in [-0.2, 0) is 6.54 Å². The van der Waals surface area contributed by atoms with E-state index >= 15 is 0 Å². The van der Waals surface area contributed by atoms with Gasteiger partial charge in [0.2, 0.25) is 10.1 Å². The molecule has 0 spiro atoms. The first-order valence-electron chi connectivity index (χ1n) is 8.72. The molecular formula is C17H17FN8S. The van der Waals surface area contributed by atoms with Crippen LogP contribution in [-0.4, -0.2) is 42.7 Å². The van der Waals surface area contributed by atoms with E-state index in [-0.39, 0.29) is 5.82 Å². The van der Waals surface area contributed by atoms with Crippen LogP contribution >= 0.6 is 11.3 Å². The Morgan fingerprint density at radius 3 is 2.93 bits per heavy atom. The summed E-state index contributed by atoms with van der Waals surface area (Å²) >= 11 is 1.46. The second-order valence-electron chi connectivity index (χ2n) is 6.46. The quantitative estimate of drug-likeness (QED) is 0.549. The van der Waals surface area contributed by atoms with Gasteiger partial charge < -0.3 is 10.6 Å². The zero-order valence-corrected chi connectivity index (χ0v) is 15.2. The van der Waals surface area contributed by atoms with Crippen molar-refractivity contribution in [1.82, 2.24) is 34.9 Å². The first-order chi connectivity index (χ1) is 13.2. The Hall–Kier alpha value is -2.85. The number of hydrogen-bond donors (Lipinski definition) is 2. The Labute approximate surface area is 158 Å². The number of benzene rings is 1. The molecule has 0 radical (unpaired) electrons. The van der Waals surface area contributed by atoms with Crippen molar-refractivity contribution in [1.29, 1.82) is 0 Å². The van der Waals surface area contributed by atoms with E-state index in [1.165, 1.54) is 23.5 Å². The Kier molecular flexibility index (Phi) is 4.06. The van der Waals surface area contributed by atoms with Crippen LogP contribution in [0.15, 0.2) is 36.7 Å². The highest BCUT2D eigenvalue weighted by Gasteiger charge is 2.18. The van der Waals surface area contributed by atoms with Crippen LogP contribution < -0.4 is 10.6 Å². The van der Waals surface area contributed by atoms with Gasteiger partial charge in [0.25, 0.3) is 0 Å². The highest BCUT2D eigenvalue weighted by Crippen LogP contribution is 2.25. The van der Waals surface area contributed by atoms with Crippen LogP contribution in [0.5, 0.6) is 0 Å². The molecule has 27 heavy (non-hydrogen) atoms. The van der Waals surface area contributed by atoms with E-state index in [0.717, 1.165) is 46.6 Å². The summed E-state index contributed by atoms with van der Waals surface area (Å²) in [5, 5.41) is 20.3. The molecule has 5 rings (SSSR count). The van der Waals surface area contributed by atoms with Crippen molar-refractivity contribution >= 4 is 21.4 Å². The number of aromatic nitrogens is 6. The molecular weight excluding hydrogens is 367 g/mol. The van der Waals surface area contributed by atoms with Gasteiger partial charge in [-0.15, -0.1) is 10.2 Å². The van der Waals surface area contributed by atoms with E-state index in [9.17, 15) is 4.39 Å². The first-order valence-corrected chi connectivity index (χ1v) is 9.54. The number of nitrogens with one attached hydrogen (secondary N) is 2. The molecule has 1 aliphatic heterocycles. The second kappa shape index (κ2) is 6.71. The molecule has 1 atom stereocenters. The number of hydrogen-bond acceptors (Lipinski definition) is 7. The monoisotopic (exact) mass is 384 g/mol. The van der Waals surface area contributed by atoms with Gasteiger partial charge >= 0.3 is 0 Å². The molecule has 2 N–H and O–H groups in total. The van der Waals surface area contributed by atoms with Crippen LogP contribution in [0, 0.1) is 5.82 Å². The fourth-order valence-corrected chi connectivity index (χ4v) is 3.91. The first kappa shape index (κ1) is 16.3. The van der Waals surface area contributed by atoms with E-state index in [2.05, 4.69) is 31.0 Å². The third-order valence-corrected chi connectivity index (χ3v) is 5.45. The largest absolute Gasteiger partial charge is 0.354 e. The van der Waals surface area contributed by atoms with Crippen molar-refractivity contribution in [2.45, 2.75) is 19.0 Å². The zero-order valence-electron chi connectivity index (χ0n) is 14.3. The standard InChI is InChI=1S/C17H17FN8S/c18-12-3-1-11(2-4-12)15-10-26-17(21-15)27-16(23-26)20-7-13-9-25(24-22-13)14-5-6-19-8-14/h1-4,9-10,14,19H,5-8H2,(H,20,23). The predicted octanol–water partition coefficient (Wildman–Crippen LogP) is 2.33. The van der Waals surface area contributed by atoms with E-state index in [4.69, 9.17) is 0 Å². The Bertz CT molecular complexity index is 1030. The highest BCUT2D eigenvalue weighted by molar-refractivity contribution is 7.20. The summed E-state index contributed by atoms with van der Waals surface area (Å²) < 4.78 is 16.7. The fourth-order valence-electron chi connectivity index (χ4n) is 3.14. The lowest BCUT2D eigenvalue weighted by Crippen LogP contribution is -2.13. The van der Waals surface area contributed by atoms with Crippen LogP contribution in [0.3, 0.4) is 0 Å². The van der Waals surface area contributed by atoms with E-state index in [1.807, 2.05) is 17.1 Å². The summed E-state index contributed by atoms with van der Waals surface area (Å²) in [4.78, 5) is 5.34. The van der Waals surface area contributed by atoms with E-state index < -0.39 is 0 Å². The highest BCUT2D eigenvalue weighted by atomic mass is 32.1. The molecule has 8 nitrogen and oxygen atoms in total. The van der Waals surface area contributed by atoms with Crippen LogP contribution in [0.1, 0.15) is 18.2 Å². The van der Waals surface area contributed by atoms with E-state index in [0.29, 0.717) is 12.6 Å². The Balaban J connectivity index is 1.27. The Morgan fingerprint density at radius 2 is 2.15 bits per heavy atom. The summed E-state index contributed by atoms with van der Waals surface area (Å²) in [6, 6.07) is 6.67. The normalized spacial score (nSPS) is 17.0. The molecule has 138 valence electrons. The summed E-state index contributed by atoms with van der Waals surface area (Å²) in [7, 11) is 0. The molecule has 4 aromatic rings. The molecule has 10 heteroatoms. The van der Waals surface area contributed by atoms with Gasteiger partial charge in [0, 0.05) is 12.1 Å². The van der Waals surface area contributed by atoms with Crippen molar-refractivity contribution in [3.63, 3.8) is 0 Å². The minimum absolute atomic E-state index is 0.259. The number of nitrogens with zero attached hydrogens (tertiary/aromatic N) is 6. The molecule has 4 heterocycles. The number of halogens is 1. The minimum atomic E-state index is -0.259. The molecule has 0 aliphatic carbocycles. The number of anilines is 1. The third-order valence-electron chi connectivity index (χ3n) is 4.57. The average molecular weight is 384 g/mol. The van der Waals surface area contributed by atoms with Crippen LogP contribution in [0.2, 0.25) is 0 Å². The third kappa shape index (κ3) is 3.28. The van der Waals surface area contributed by atoms with Gasteiger partial charge in [0.05, 0.1) is 30.7 Å². The smallest absolute Gasteiger partial charge is 0.214 e. The lowest BCUT2D eigenvalue weighted by Gasteiger charge is -2.06. The molecule has 0 bridgehead atoms. The van der Waals surface area contributed by atoms with Crippen molar-refractivity contribution in [2.75, 3.05) is 18.4 Å². The number of rotatable bonds is 5. The van der Waals surface area contributed by atoms with Gasteiger partial charge in [-0.2, -0.15) is 0 Å². The predicted molar refractivity (Wildman–Crippen MR) is 100 cm³/mol. The molecule has 1 aliphatic rings. The summed E-state index contributed by atoms with van der Waals surface area (Å²) in [5.74, 6) is -0.259. The molecule has 1 saturated heterocycles. The lowest BCUT2D eigenvalue weighted by molar-refractivity contribution is 0.476. The maximum absolute atomic E-state index is 13.1. The zero-order chi connectivity index (χ0) is 18.2. The van der Waals surface area contributed by atoms with Crippen molar-refractivity contribution in [2.24, 2.45) is 0 Å². The molecule has 1 aromatic carbocycles. The van der Waals surface area contributed by atoms with E-state index in [1.54, 1.807) is 16.6 Å². The van der Waals surface area contributed by atoms with Gasteiger partial charge in [-0.05, 0) is 37.2 Å². The second-order valence-corrected chi connectivity index (χ2v) is 7.41. The van der Waals surface area contributed by atoms with Gasteiger partial charge in [0.15, 0.2) is 0 Å². The molecule has 1 fully saturated rings. The molecule has 0 saturated carbocycles. The summed E-state index contributed by atoms with van der Waals surface area (Å²) in [6.45, 7) is 2.52. The maximum atomic E-state index is 13.1. The summed E-state index contributed by atoms with van der Waals surface area (Å²) in [6.07, 6.45) is 4.90. The van der Waals surface area contributed by atoms with Crippen LogP contribution in [0.4, 0.5) is 9.52 Å². The number of imidazole rings is 1. The van der Waals surface area contributed by atoms with Crippen molar-refractivity contribution < 1.29 is 4.39 Å². The fraction of sp³-hybridized carbons (Fsp3) is 0.294. The molecule has 0 amide bonds. The molecule has 3 aromatic heterocycles. The van der Waals surface area contributed by atoms with Gasteiger partial charge in [-0.3, -0.25) is 0 Å². The summed E-state index contributed by atoms with van der Waals surface area (Å²) in [5.41, 5.74) is 2.51.